The molecular formula is C20H20FN5O2S. The van der Waals surface area contributed by atoms with E-state index in [0.29, 0.717) is 23.5 Å². The first kappa shape index (κ1) is 19.3. The quantitative estimate of drug-likeness (QED) is 0.600. The zero-order valence-electron chi connectivity index (χ0n) is 15.7. The molecule has 0 saturated carbocycles. The number of hydrogen-bond donors (Lipinski definition) is 3. The SMILES string of the molecule is CC1CC(=O)NC(n2nc(-c3cccs3)cc2NC(=O)Cc2ccc(F)cc2)N1. The standard InChI is InChI=1S/C20H20FN5O2S/c1-12-9-18(27)24-20(22-12)26-17(11-15(25-26)16-3-2-8-29-16)23-19(28)10-13-4-6-14(21)7-5-13/h2-8,11-12,20,22H,9-10H2,1H3,(H,23,28)(H,24,27). The van der Waals surface area contributed by atoms with Crippen LogP contribution in [-0.2, 0) is 16.0 Å². The lowest BCUT2D eigenvalue weighted by molar-refractivity contribution is -0.125. The molecule has 2 aromatic heterocycles. The van der Waals surface area contributed by atoms with Crippen molar-refractivity contribution in [2.75, 3.05) is 5.32 Å². The predicted molar refractivity (Wildman–Crippen MR) is 109 cm³/mol. The molecule has 0 bridgehead atoms. The number of carbonyl (C=O) groups excluding carboxylic acids is 2. The Hall–Kier alpha value is -3.04. The molecule has 3 heterocycles. The van der Waals surface area contributed by atoms with E-state index in [9.17, 15) is 14.0 Å². The van der Waals surface area contributed by atoms with Gasteiger partial charge in [-0.05, 0) is 36.1 Å². The highest BCUT2D eigenvalue weighted by Gasteiger charge is 2.27. The molecule has 1 fully saturated rings. The molecule has 0 aliphatic carbocycles. The van der Waals surface area contributed by atoms with E-state index >= 15 is 0 Å². The minimum atomic E-state index is -0.568. The molecule has 1 aliphatic rings. The highest BCUT2D eigenvalue weighted by molar-refractivity contribution is 7.13. The van der Waals surface area contributed by atoms with Gasteiger partial charge in [0.15, 0.2) is 6.29 Å². The molecule has 0 spiro atoms. The number of hydrogen-bond acceptors (Lipinski definition) is 5. The monoisotopic (exact) mass is 413 g/mol. The molecule has 150 valence electrons. The van der Waals surface area contributed by atoms with Crippen molar-refractivity contribution in [1.29, 1.82) is 0 Å². The number of nitrogens with zero attached hydrogens (tertiary/aromatic N) is 2. The lowest BCUT2D eigenvalue weighted by atomic mass is 10.1. The van der Waals surface area contributed by atoms with Gasteiger partial charge in [0, 0.05) is 18.5 Å². The summed E-state index contributed by atoms with van der Waals surface area (Å²) in [7, 11) is 0. The van der Waals surface area contributed by atoms with Crippen LogP contribution in [0, 0.1) is 5.82 Å². The summed E-state index contributed by atoms with van der Waals surface area (Å²) in [6.45, 7) is 1.92. The van der Waals surface area contributed by atoms with Gasteiger partial charge in [-0.1, -0.05) is 18.2 Å². The number of amides is 2. The molecule has 29 heavy (non-hydrogen) atoms. The number of thiophene rings is 1. The normalized spacial score (nSPS) is 19.0. The van der Waals surface area contributed by atoms with E-state index in [0.717, 1.165) is 4.88 Å². The molecule has 1 aliphatic heterocycles. The Kier molecular flexibility index (Phi) is 5.41. The highest BCUT2D eigenvalue weighted by atomic mass is 32.1. The zero-order chi connectivity index (χ0) is 20.4. The van der Waals surface area contributed by atoms with Crippen LogP contribution in [0.5, 0.6) is 0 Å². The Morgan fingerprint density at radius 1 is 1.34 bits per heavy atom. The molecule has 4 rings (SSSR count). The third-order valence-corrected chi connectivity index (χ3v) is 5.42. The fraction of sp³-hybridized carbons (Fsp3) is 0.250. The molecule has 2 amide bonds. The van der Waals surface area contributed by atoms with Gasteiger partial charge in [0.25, 0.3) is 0 Å². The zero-order valence-corrected chi connectivity index (χ0v) is 16.5. The van der Waals surface area contributed by atoms with E-state index in [-0.39, 0.29) is 30.1 Å². The number of carbonyl (C=O) groups is 2. The van der Waals surface area contributed by atoms with Crippen molar-refractivity contribution >= 4 is 29.0 Å². The van der Waals surface area contributed by atoms with Crippen LogP contribution in [0.3, 0.4) is 0 Å². The lowest BCUT2D eigenvalue weighted by Crippen LogP contribution is -2.52. The summed E-state index contributed by atoms with van der Waals surface area (Å²) in [6, 6.07) is 11.4. The van der Waals surface area contributed by atoms with Crippen molar-refractivity contribution in [3.8, 4) is 10.6 Å². The summed E-state index contributed by atoms with van der Waals surface area (Å²) < 4.78 is 14.7. The molecule has 2 unspecified atom stereocenters. The number of halogens is 1. The van der Waals surface area contributed by atoms with Crippen LogP contribution < -0.4 is 16.0 Å². The number of rotatable bonds is 5. The van der Waals surface area contributed by atoms with Gasteiger partial charge in [-0.3, -0.25) is 14.9 Å². The van der Waals surface area contributed by atoms with E-state index in [2.05, 4.69) is 21.0 Å². The summed E-state index contributed by atoms with van der Waals surface area (Å²) >= 11 is 1.54. The van der Waals surface area contributed by atoms with Gasteiger partial charge in [0.2, 0.25) is 11.8 Å². The maximum Gasteiger partial charge on any atom is 0.229 e. The molecule has 9 heteroatoms. The summed E-state index contributed by atoms with van der Waals surface area (Å²) in [5.74, 6) is -0.225. The van der Waals surface area contributed by atoms with Crippen LogP contribution in [-0.4, -0.2) is 27.6 Å². The number of nitrogens with one attached hydrogen (secondary N) is 3. The minimum Gasteiger partial charge on any atom is -0.322 e. The van der Waals surface area contributed by atoms with Gasteiger partial charge in [-0.25, -0.2) is 9.07 Å². The van der Waals surface area contributed by atoms with Gasteiger partial charge in [0.05, 0.1) is 11.3 Å². The Labute approximate surface area is 170 Å². The predicted octanol–water partition coefficient (Wildman–Crippen LogP) is 2.89. The lowest BCUT2D eigenvalue weighted by Gasteiger charge is -2.30. The van der Waals surface area contributed by atoms with Crippen molar-refractivity contribution in [2.45, 2.75) is 32.1 Å². The Balaban J connectivity index is 1.59. The van der Waals surface area contributed by atoms with Crippen LogP contribution in [0.1, 0.15) is 25.2 Å². The highest BCUT2D eigenvalue weighted by Crippen LogP contribution is 2.28. The minimum absolute atomic E-state index is 0.0223. The Morgan fingerprint density at radius 2 is 2.14 bits per heavy atom. The van der Waals surface area contributed by atoms with Crippen molar-refractivity contribution < 1.29 is 14.0 Å². The molecule has 3 aromatic rings. The van der Waals surface area contributed by atoms with E-state index in [1.807, 2.05) is 24.4 Å². The fourth-order valence-corrected chi connectivity index (χ4v) is 3.88. The van der Waals surface area contributed by atoms with Crippen molar-refractivity contribution in [2.24, 2.45) is 0 Å². The summed E-state index contributed by atoms with van der Waals surface area (Å²) in [5.41, 5.74) is 1.40. The van der Waals surface area contributed by atoms with Gasteiger partial charge in [0.1, 0.15) is 17.3 Å². The average molecular weight is 413 g/mol. The van der Waals surface area contributed by atoms with Crippen molar-refractivity contribution in [1.82, 2.24) is 20.4 Å². The van der Waals surface area contributed by atoms with Gasteiger partial charge in [-0.2, -0.15) is 5.10 Å². The van der Waals surface area contributed by atoms with Crippen LogP contribution >= 0.6 is 11.3 Å². The second-order valence-electron chi connectivity index (χ2n) is 6.93. The van der Waals surface area contributed by atoms with Crippen LogP contribution in [0.15, 0.2) is 47.8 Å². The molecule has 0 radical (unpaired) electrons. The van der Waals surface area contributed by atoms with Crippen molar-refractivity contribution in [3.63, 3.8) is 0 Å². The largest absolute Gasteiger partial charge is 0.322 e. The first-order chi connectivity index (χ1) is 14.0. The fourth-order valence-electron chi connectivity index (χ4n) is 3.20. The smallest absolute Gasteiger partial charge is 0.229 e. The molecule has 7 nitrogen and oxygen atoms in total. The number of aromatic nitrogens is 2. The Morgan fingerprint density at radius 3 is 2.83 bits per heavy atom. The van der Waals surface area contributed by atoms with E-state index in [1.165, 1.54) is 23.5 Å². The third-order valence-electron chi connectivity index (χ3n) is 4.53. The first-order valence-corrected chi connectivity index (χ1v) is 10.1. The molecular weight excluding hydrogens is 393 g/mol. The van der Waals surface area contributed by atoms with Crippen LogP contribution in [0.25, 0.3) is 10.6 Å². The summed E-state index contributed by atoms with van der Waals surface area (Å²) in [5, 5.41) is 15.5. The molecule has 2 atom stereocenters. The second-order valence-corrected chi connectivity index (χ2v) is 7.88. The van der Waals surface area contributed by atoms with E-state index < -0.39 is 6.29 Å². The maximum atomic E-state index is 13.1. The van der Waals surface area contributed by atoms with Gasteiger partial charge >= 0.3 is 0 Å². The molecule has 3 N–H and O–H groups in total. The van der Waals surface area contributed by atoms with E-state index in [4.69, 9.17) is 0 Å². The number of anilines is 1. The average Bonchev–Trinajstić information content (AvgIpc) is 3.32. The van der Waals surface area contributed by atoms with Crippen LogP contribution in [0.4, 0.5) is 10.2 Å². The summed E-state index contributed by atoms with van der Waals surface area (Å²) in [4.78, 5) is 25.5. The topological polar surface area (TPSA) is 88.1 Å². The summed E-state index contributed by atoms with van der Waals surface area (Å²) in [6.07, 6.45) is -0.0938. The van der Waals surface area contributed by atoms with Gasteiger partial charge in [-0.15, -0.1) is 11.3 Å². The first-order valence-electron chi connectivity index (χ1n) is 9.21. The second kappa shape index (κ2) is 8.14. The third kappa shape index (κ3) is 4.52. The molecule has 1 aromatic carbocycles. The number of benzene rings is 1. The van der Waals surface area contributed by atoms with Gasteiger partial charge < -0.3 is 10.6 Å². The molecule has 1 saturated heterocycles. The maximum absolute atomic E-state index is 13.1. The van der Waals surface area contributed by atoms with E-state index in [1.54, 1.807) is 22.9 Å². The van der Waals surface area contributed by atoms with Crippen molar-refractivity contribution in [3.05, 3.63) is 59.2 Å². The Bertz CT molecular complexity index is 1020. The van der Waals surface area contributed by atoms with Crippen LogP contribution in [0.2, 0.25) is 0 Å².